The molecule has 0 aliphatic heterocycles. The van der Waals surface area contributed by atoms with Crippen molar-refractivity contribution in [3.05, 3.63) is 29.6 Å². The second-order valence-electron chi connectivity index (χ2n) is 1.86. The van der Waals surface area contributed by atoms with Crippen molar-refractivity contribution in [2.75, 3.05) is 5.48 Å². The van der Waals surface area contributed by atoms with Gasteiger partial charge in [-0.05, 0) is 0 Å². The molecule has 0 atom stereocenters. The first-order chi connectivity index (χ1) is 5.15. The van der Waals surface area contributed by atoms with Crippen molar-refractivity contribution in [2.45, 2.75) is 0 Å². The minimum atomic E-state index is -1.18. The predicted octanol–water partition coefficient (Wildman–Crippen LogP) is 1.90. The first-order valence-corrected chi connectivity index (χ1v) is 2.70. The van der Waals surface area contributed by atoms with Crippen LogP contribution in [0.2, 0.25) is 0 Å². The molecule has 0 saturated heterocycles. The van der Waals surface area contributed by atoms with Gasteiger partial charge in [-0.3, -0.25) is 10.7 Å². The molecule has 2 nitrogen and oxygen atoms in total. The van der Waals surface area contributed by atoms with E-state index < -0.39 is 23.1 Å². The first kappa shape index (κ1) is 7.87. The van der Waals surface area contributed by atoms with E-state index in [1.807, 2.05) is 0 Å². The van der Waals surface area contributed by atoms with E-state index in [0.29, 0.717) is 12.1 Å². The minimum absolute atomic E-state index is 0.460. The molecule has 0 bridgehead atoms. The van der Waals surface area contributed by atoms with Gasteiger partial charge in [0.15, 0.2) is 11.6 Å². The normalized spacial score (nSPS) is 9.82. The molecule has 1 aromatic rings. The average molecular weight is 163 g/mol. The SMILES string of the molecule is ONc1c(F)cc(F)cc1F. The molecule has 2 N–H and O–H groups in total. The molecule has 0 aromatic heterocycles. The Morgan fingerprint density at radius 1 is 1.09 bits per heavy atom. The number of nitrogens with one attached hydrogen (secondary N) is 1. The quantitative estimate of drug-likeness (QED) is 0.619. The monoisotopic (exact) mass is 163 g/mol. The van der Waals surface area contributed by atoms with Crippen molar-refractivity contribution in [2.24, 2.45) is 0 Å². The van der Waals surface area contributed by atoms with E-state index in [4.69, 9.17) is 5.21 Å². The summed E-state index contributed by atoms with van der Waals surface area (Å²) in [6, 6.07) is 0.920. The lowest BCUT2D eigenvalue weighted by Crippen LogP contribution is -1.98. The summed E-state index contributed by atoms with van der Waals surface area (Å²) in [5.41, 5.74) is 0.516. The standard InChI is InChI=1S/C6H4F3NO/c7-3-1-4(8)6(10-11)5(9)2-3/h1-2,10-11H. The van der Waals surface area contributed by atoms with E-state index in [2.05, 4.69) is 0 Å². The van der Waals surface area contributed by atoms with Crippen molar-refractivity contribution in [1.29, 1.82) is 0 Å². The summed E-state index contributed by atoms with van der Waals surface area (Å²) in [5.74, 6) is -3.38. The van der Waals surface area contributed by atoms with Crippen LogP contribution in [0.3, 0.4) is 0 Å². The second-order valence-corrected chi connectivity index (χ2v) is 1.86. The molecular weight excluding hydrogens is 159 g/mol. The van der Waals surface area contributed by atoms with Gasteiger partial charge >= 0.3 is 0 Å². The number of halogens is 3. The molecule has 0 unspecified atom stereocenters. The lowest BCUT2D eigenvalue weighted by molar-refractivity contribution is 0.377. The van der Waals surface area contributed by atoms with Gasteiger partial charge in [0.05, 0.1) is 0 Å². The Morgan fingerprint density at radius 3 is 1.91 bits per heavy atom. The summed E-state index contributed by atoms with van der Waals surface area (Å²) in [6.45, 7) is 0. The van der Waals surface area contributed by atoms with Crippen LogP contribution < -0.4 is 5.48 Å². The van der Waals surface area contributed by atoms with Crippen LogP contribution >= 0.6 is 0 Å². The summed E-state index contributed by atoms with van der Waals surface area (Å²) in [4.78, 5) is 0. The maximum absolute atomic E-state index is 12.4. The van der Waals surface area contributed by atoms with Gasteiger partial charge in [-0.15, -0.1) is 0 Å². The fraction of sp³-hybridized carbons (Fsp3) is 0. The third kappa shape index (κ3) is 1.43. The maximum Gasteiger partial charge on any atom is 0.154 e. The number of anilines is 1. The molecule has 1 aromatic carbocycles. The zero-order valence-corrected chi connectivity index (χ0v) is 5.24. The molecule has 11 heavy (non-hydrogen) atoms. The van der Waals surface area contributed by atoms with Crippen LogP contribution in [0.25, 0.3) is 0 Å². The van der Waals surface area contributed by atoms with Crippen LogP contribution in [0.5, 0.6) is 0 Å². The predicted molar refractivity (Wildman–Crippen MR) is 31.7 cm³/mol. The highest BCUT2D eigenvalue weighted by Crippen LogP contribution is 2.18. The smallest absolute Gasteiger partial charge is 0.154 e. The fourth-order valence-electron chi connectivity index (χ4n) is 0.649. The van der Waals surface area contributed by atoms with Crippen LogP contribution in [-0.2, 0) is 0 Å². The van der Waals surface area contributed by atoms with Gasteiger partial charge in [0.25, 0.3) is 0 Å². The first-order valence-electron chi connectivity index (χ1n) is 2.70. The van der Waals surface area contributed by atoms with Crippen molar-refractivity contribution in [3.63, 3.8) is 0 Å². The Hall–Kier alpha value is -1.23. The molecule has 0 aliphatic rings. The molecule has 0 radical (unpaired) electrons. The van der Waals surface area contributed by atoms with Crippen molar-refractivity contribution in [1.82, 2.24) is 0 Å². The van der Waals surface area contributed by atoms with Crippen molar-refractivity contribution < 1.29 is 18.4 Å². The Balaban J connectivity index is 3.25. The fourth-order valence-corrected chi connectivity index (χ4v) is 0.649. The zero-order chi connectivity index (χ0) is 8.43. The summed E-state index contributed by atoms with van der Waals surface area (Å²) in [7, 11) is 0. The largest absolute Gasteiger partial charge is 0.291 e. The third-order valence-corrected chi connectivity index (χ3v) is 1.12. The molecule has 60 valence electrons. The Morgan fingerprint density at radius 2 is 1.55 bits per heavy atom. The van der Waals surface area contributed by atoms with Crippen LogP contribution in [0.4, 0.5) is 18.9 Å². The Bertz CT molecular complexity index is 254. The van der Waals surface area contributed by atoms with Crippen LogP contribution in [0.1, 0.15) is 0 Å². The average Bonchev–Trinajstić information content (AvgIpc) is 1.85. The van der Waals surface area contributed by atoms with Gasteiger partial charge in [-0.25, -0.2) is 13.2 Å². The maximum atomic E-state index is 12.4. The molecule has 5 heteroatoms. The molecule has 0 amide bonds. The van der Waals surface area contributed by atoms with E-state index in [9.17, 15) is 13.2 Å². The molecule has 0 fully saturated rings. The van der Waals surface area contributed by atoms with Gasteiger partial charge < -0.3 is 0 Å². The van der Waals surface area contributed by atoms with Crippen molar-refractivity contribution in [3.8, 4) is 0 Å². The van der Waals surface area contributed by atoms with Crippen LogP contribution in [0.15, 0.2) is 12.1 Å². The number of rotatable bonds is 1. The molecule has 0 aliphatic carbocycles. The molecule has 0 heterocycles. The molecular formula is C6H4F3NO. The topological polar surface area (TPSA) is 32.3 Å². The number of benzene rings is 1. The van der Waals surface area contributed by atoms with Gasteiger partial charge in [-0.1, -0.05) is 0 Å². The van der Waals surface area contributed by atoms with E-state index in [1.54, 1.807) is 0 Å². The molecule has 0 spiro atoms. The number of hydrogen-bond donors (Lipinski definition) is 2. The Labute approximate surface area is 60.2 Å². The highest BCUT2D eigenvalue weighted by atomic mass is 19.1. The highest BCUT2D eigenvalue weighted by Gasteiger charge is 2.09. The lowest BCUT2D eigenvalue weighted by atomic mass is 10.3. The summed E-state index contributed by atoms with van der Waals surface area (Å²) in [6.07, 6.45) is 0. The molecule has 1 rings (SSSR count). The number of hydrogen-bond acceptors (Lipinski definition) is 2. The summed E-state index contributed by atoms with van der Waals surface area (Å²) >= 11 is 0. The Kier molecular flexibility index (Phi) is 2.00. The van der Waals surface area contributed by atoms with E-state index >= 15 is 0 Å². The van der Waals surface area contributed by atoms with E-state index in [1.165, 1.54) is 5.48 Å². The van der Waals surface area contributed by atoms with Crippen LogP contribution in [-0.4, -0.2) is 5.21 Å². The minimum Gasteiger partial charge on any atom is -0.291 e. The van der Waals surface area contributed by atoms with Gasteiger partial charge in [-0.2, -0.15) is 0 Å². The lowest BCUT2D eigenvalue weighted by Gasteiger charge is -2.01. The van der Waals surface area contributed by atoms with E-state index in [0.717, 1.165) is 0 Å². The van der Waals surface area contributed by atoms with Crippen LogP contribution in [0, 0.1) is 17.5 Å². The van der Waals surface area contributed by atoms with Gasteiger partial charge in [0.2, 0.25) is 0 Å². The van der Waals surface area contributed by atoms with Crippen molar-refractivity contribution >= 4 is 5.69 Å². The highest BCUT2D eigenvalue weighted by molar-refractivity contribution is 5.43. The van der Waals surface area contributed by atoms with Gasteiger partial charge in [0, 0.05) is 12.1 Å². The second kappa shape index (κ2) is 2.79. The zero-order valence-electron chi connectivity index (χ0n) is 5.24. The molecule has 0 saturated carbocycles. The van der Waals surface area contributed by atoms with E-state index in [-0.39, 0.29) is 0 Å². The van der Waals surface area contributed by atoms with Gasteiger partial charge in [0.1, 0.15) is 11.5 Å². The summed E-state index contributed by atoms with van der Waals surface area (Å²) in [5, 5.41) is 8.14. The summed E-state index contributed by atoms with van der Waals surface area (Å²) < 4.78 is 37.0. The third-order valence-electron chi connectivity index (χ3n) is 1.12.